The van der Waals surface area contributed by atoms with Crippen LogP contribution >= 0.6 is 0 Å². The van der Waals surface area contributed by atoms with E-state index in [1.165, 1.54) is 7.11 Å². The van der Waals surface area contributed by atoms with Crippen LogP contribution in [0.4, 0.5) is 0 Å². The molecule has 3 nitrogen and oxygen atoms in total. The lowest BCUT2D eigenvalue weighted by molar-refractivity contribution is -0.163. The van der Waals surface area contributed by atoms with Crippen molar-refractivity contribution >= 4 is 11.8 Å². The Kier molecular flexibility index (Phi) is 1.99. The van der Waals surface area contributed by atoms with Crippen molar-refractivity contribution in [2.45, 2.75) is 32.6 Å². The number of hydrogen-bond acceptors (Lipinski definition) is 3. The summed E-state index contributed by atoms with van der Waals surface area (Å²) in [6, 6.07) is 0. The molecular weight excluding hydrogens is 204 g/mol. The standard InChI is InChI=1S/C13H18O3/c1-7-5-11(14)9-6-8-3-4-10(9)13(7,8)12(15)16-2/h7-10H,3-6H2,1-2H3. The molecule has 3 fully saturated rings. The van der Waals surface area contributed by atoms with Crippen molar-refractivity contribution in [2.75, 3.05) is 7.11 Å². The summed E-state index contributed by atoms with van der Waals surface area (Å²) in [6.07, 6.45) is 3.66. The zero-order valence-electron chi connectivity index (χ0n) is 9.86. The highest BCUT2D eigenvalue weighted by molar-refractivity contribution is 5.89. The molecule has 3 aliphatic carbocycles. The summed E-state index contributed by atoms with van der Waals surface area (Å²) in [5.41, 5.74) is -0.312. The maximum absolute atomic E-state index is 12.2. The lowest BCUT2D eigenvalue weighted by atomic mass is 9.62. The van der Waals surface area contributed by atoms with Gasteiger partial charge in [-0.05, 0) is 37.0 Å². The van der Waals surface area contributed by atoms with Crippen molar-refractivity contribution in [1.82, 2.24) is 0 Å². The minimum Gasteiger partial charge on any atom is -0.469 e. The van der Waals surface area contributed by atoms with Gasteiger partial charge in [0.15, 0.2) is 0 Å². The normalized spacial score (nSPS) is 49.5. The highest BCUT2D eigenvalue weighted by Gasteiger charge is 2.69. The van der Waals surface area contributed by atoms with E-state index < -0.39 is 0 Å². The molecule has 0 spiro atoms. The van der Waals surface area contributed by atoms with Crippen LogP contribution in [0.1, 0.15) is 32.6 Å². The van der Waals surface area contributed by atoms with Crippen LogP contribution in [0.15, 0.2) is 0 Å². The quantitative estimate of drug-likeness (QED) is 0.635. The zero-order chi connectivity index (χ0) is 11.5. The second-order valence-corrected chi connectivity index (χ2v) is 5.72. The summed E-state index contributed by atoms with van der Waals surface area (Å²) in [6.45, 7) is 2.06. The Morgan fingerprint density at radius 3 is 2.88 bits per heavy atom. The third-order valence-corrected chi connectivity index (χ3v) is 5.41. The first-order valence-corrected chi connectivity index (χ1v) is 6.23. The number of methoxy groups -OCH3 is 1. The fourth-order valence-electron chi connectivity index (χ4n) is 4.92. The van der Waals surface area contributed by atoms with Crippen LogP contribution in [-0.4, -0.2) is 18.9 Å². The van der Waals surface area contributed by atoms with E-state index in [0.29, 0.717) is 18.1 Å². The Bertz CT molecular complexity index is 362. The number of ether oxygens (including phenoxy) is 1. The van der Waals surface area contributed by atoms with Crippen molar-refractivity contribution in [3.05, 3.63) is 0 Å². The van der Waals surface area contributed by atoms with Crippen LogP contribution in [-0.2, 0) is 14.3 Å². The number of Topliss-reactive ketones (excluding diaryl/α,β-unsaturated/α-hetero) is 1. The van der Waals surface area contributed by atoms with Gasteiger partial charge >= 0.3 is 5.97 Å². The van der Waals surface area contributed by atoms with Crippen molar-refractivity contribution in [3.8, 4) is 0 Å². The predicted molar refractivity (Wildman–Crippen MR) is 57.6 cm³/mol. The Morgan fingerprint density at radius 2 is 2.19 bits per heavy atom. The zero-order valence-corrected chi connectivity index (χ0v) is 9.86. The molecule has 0 aliphatic heterocycles. The van der Waals surface area contributed by atoms with Gasteiger partial charge in [0.25, 0.3) is 0 Å². The largest absolute Gasteiger partial charge is 0.469 e. The van der Waals surface area contributed by atoms with Gasteiger partial charge in [-0.25, -0.2) is 0 Å². The number of hydrogen-bond donors (Lipinski definition) is 0. The van der Waals surface area contributed by atoms with E-state index >= 15 is 0 Å². The van der Waals surface area contributed by atoms with Crippen LogP contribution in [0.3, 0.4) is 0 Å². The first kappa shape index (κ1) is 10.3. The molecule has 16 heavy (non-hydrogen) atoms. The average Bonchev–Trinajstić information content (AvgIpc) is 2.78. The molecule has 3 aliphatic rings. The fourth-order valence-corrected chi connectivity index (χ4v) is 4.92. The highest BCUT2D eigenvalue weighted by atomic mass is 16.5. The van der Waals surface area contributed by atoms with Crippen molar-refractivity contribution < 1.29 is 14.3 Å². The first-order valence-electron chi connectivity index (χ1n) is 6.23. The summed E-state index contributed by atoms with van der Waals surface area (Å²) in [7, 11) is 1.48. The van der Waals surface area contributed by atoms with E-state index in [9.17, 15) is 9.59 Å². The van der Waals surface area contributed by atoms with Gasteiger partial charge < -0.3 is 4.74 Å². The van der Waals surface area contributed by atoms with E-state index in [2.05, 4.69) is 6.92 Å². The van der Waals surface area contributed by atoms with E-state index in [-0.39, 0.29) is 29.1 Å². The molecule has 0 saturated heterocycles. The lowest BCUT2D eigenvalue weighted by Gasteiger charge is -2.41. The molecule has 0 heterocycles. The summed E-state index contributed by atoms with van der Waals surface area (Å²) < 4.78 is 5.05. The van der Waals surface area contributed by atoms with Crippen LogP contribution in [0.5, 0.6) is 0 Å². The summed E-state index contributed by atoms with van der Waals surface area (Å²) >= 11 is 0. The molecule has 3 rings (SSSR count). The van der Waals surface area contributed by atoms with Gasteiger partial charge in [-0.1, -0.05) is 6.92 Å². The summed E-state index contributed by atoms with van der Waals surface area (Å²) in [5, 5.41) is 0. The Hall–Kier alpha value is -0.860. The number of rotatable bonds is 1. The molecule has 3 saturated carbocycles. The van der Waals surface area contributed by atoms with Gasteiger partial charge in [-0.3, -0.25) is 9.59 Å². The third kappa shape index (κ3) is 0.910. The van der Waals surface area contributed by atoms with Gasteiger partial charge in [-0.2, -0.15) is 0 Å². The topological polar surface area (TPSA) is 43.4 Å². The summed E-state index contributed by atoms with van der Waals surface area (Å²) in [5.74, 6) is 1.34. The first-order chi connectivity index (χ1) is 7.62. The lowest BCUT2D eigenvalue weighted by Crippen LogP contribution is -2.48. The van der Waals surface area contributed by atoms with Gasteiger partial charge in [0, 0.05) is 12.3 Å². The Balaban J connectivity index is 2.09. The average molecular weight is 222 g/mol. The van der Waals surface area contributed by atoms with Gasteiger partial charge in [0.1, 0.15) is 5.78 Å². The molecular formula is C13H18O3. The second kappa shape index (κ2) is 3.08. The number of esters is 1. The van der Waals surface area contributed by atoms with Crippen molar-refractivity contribution in [2.24, 2.45) is 29.1 Å². The molecule has 0 aromatic carbocycles. The van der Waals surface area contributed by atoms with Gasteiger partial charge in [0.05, 0.1) is 12.5 Å². The molecule has 88 valence electrons. The minimum absolute atomic E-state index is 0.0532. The summed E-state index contributed by atoms with van der Waals surface area (Å²) in [4.78, 5) is 24.1. The van der Waals surface area contributed by atoms with Crippen LogP contribution in [0, 0.1) is 29.1 Å². The third-order valence-electron chi connectivity index (χ3n) is 5.41. The number of carbonyl (C=O) groups excluding carboxylic acids is 2. The smallest absolute Gasteiger partial charge is 0.312 e. The van der Waals surface area contributed by atoms with Gasteiger partial charge in [0.2, 0.25) is 0 Å². The van der Waals surface area contributed by atoms with Crippen LogP contribution in [0.25, 0.3) is 0 Å². The molecule has 5 unspecified atom stereocenters. The van der Waals surface area contributed by atoms with E-state index in [1.807, 2.05) is 0 Å². The minimum atomic E-state index is -0.312. The van der Waals surface area contributed by atoms with E-state index in [4.69, 9.17) is 4.74 Å². The van der Waals surface area contributed by atoms with E-state index in [1.54, 1.807) is 0 Å². The van der Waals surface area contributed by atoms with E-state index in [0.717, 1.165) is 19.3 Å². The molecule has 0 radical (unpaired) electrons. The Morgan fingerprint density at radius 1 is 1.44 bits per heavy atom. The highest BCUT2D eigenvalue weighted by Crippen LogP contribution is 2.67. The molecule has 4 bridgehead atoms. The molecule has 3 heteroatoms. The SMILES string of the molecule is COC(=O)C12C(C)CC(=O)C3CC1CCC32. The van der Waals surface area contributed by atoms with Gasteiger partial charge in [-0.15, -0.1) is 0 Å². The van der Waals surface area contributed by atoms with Crippen LogP contribution in [0.2, 0.25) is 0 Å². The molecule has 5 atom stereocenters. The Labute approximate surface area is 95.5 Å². The molecule has 0 N–H and O–H groups in total. The number of carbonyl (C=O) groups is 2. The maximum atomic E-state index is 12.2. The van der Waals surface area contributed by atoms with Crippen LogP contribution < -0.4 is 0 Å². The predicted octanol–water partition coefficient (Wildman–Crippen LogP) is 1.80. The number of ketones is 1. The van der Waals surface area contributed by atoms with Crippen molar-refractivity contribution in [1.29, 1.82) is 0 Å². The maximum Gasteiger partial charge on any atom is 0.312 e. The second-order valence-electron chi connectivity index (χ2n) is 5.72. The molecule has 0 amide bonds. The molecule has 0 aromatic rings. The molecule has 0 aromatic heterocycles. The fraction of sp³-hybridized carbons (Fsp3) is 0.846. The monoisotopic (exact) mass is 222 g/mol. The van der Waals surface area contributed by atoms with Crippen molar-refractivity contribution in [3.63, 3.8) is 0 Å².